The van der Waals surface area contributed by atoms with Gasteiger partial charge in [0.15, 0.2) is 0 Å². The lowest BCUT2D eigenvalue weighted by Gasteiger charge is -2.04. The van der Waals surface area contributed by atoms with Crippen molar-refractivity contribution < 1.29 is 14.3 Å². The van der Waals surface area contributed by atoms with Gasteiger partial charge in [-0.05, 0) is 6.42 Å². The summed E-state index contributed by atoms with van der Waals surface area (Å²) in [7, 11) is 0. The van der Waals surface area contributed by atoms with Crippen LogP contribution in [0.3, 0.4) is 0 Å². The zero-order valence-electron chi connectivity index (χ0n) is 8.75. The van der Waals surface area contributed by atoms with Gasteiger partial charge in [-0.3, -0.25) is 0 Å². The first-order chi connectivity index (χ1) is 6.81. The monoisotopic (exact) mass is 201 g/mol. The second-order valence-corrected chi connectivity index (χ2v) is 3.10. The van der Waals surface area contributed by atoms with Crippen LogP contribution in [0.15, 0.2) is 0 Å². The summed E-state index contributed by atoms with van der Waals surface area (Å²) < 4.78 is 4.82. The maximum Gasteiger partial charge on any atom is 0.407 e. The molecule has 0 atom stereocenters. The first-order valence-corrected chi connectivity index (χ1v) is 5.15. The van der Waals surface area contributed by atoms with Gasteiger partial charge in [-0.1, -0.05) is 32.6 Å². The molecule has 14 heavy (non-hydrogen) atoms. The van der Waals surface area contributed by atoms with Crippen molar-refractivity contribution in [2.24, 2.45) is 0 Å². The van der Waals surface area contributed by atoms with E-state index in [1.54, 1.807) is 0 Å². The normalized spacial score (nSPS) is 9.50. The SMILES string of the molecule is CCCCCCCOC(=O)NCC=O. The summed E-state index contributed by atoms with van der Waals surface area (Å²) in [5.41, 5.74) is 0. The minimum Gasteiger partial charge on any atom is -0.450 e. The van der Waals surface area contributed by atoms with Gasteiger partial charge in [0.05, 0.1) is 13.2 Å². The van der Waals surface area contributed by atoms with Crippen LogP contribution in [0.2, 0.25) is 0 Å². The van der Waals surface area contributed by atoms with Crippen molar-refractivity contribution in [2.75, 3.05) is 13.2 Å². The van der Waals surface area contributed by atoms with Gasteiger partial charge in [0.2, 0.25) is 0 Å². The number of hydrogen-bond donors (Lipinski definition) is 1. The lowest BCUT2D eigenvalue weighted by Crippen LogP contribution is -2.26. The van der Waals surface area contributed by atoms with Crippen LogP contribution in [0.5, 0.6) is 0 Å². The zero-order valence-corrected chi connectivity index (χ0v) is 8.75. The number of carbonyl (C=O) groups is 2. The van der Waals surface area contributed by atoms with Crippen LogP contribution in [-0.2, 0) is 9.53 Å². The smallest absolute Gasteiger partial charge is 0.407 e. The molecule has 0 saturated carbocycles. The van der Waals surface area contributed by atoms with Crippen molar-refractivity contribution in [3.8, 4) is 0 Å². The lowest BCUT2D eigenvalue weighted by molar-refractivity contribution is -0.107. The van der Waals surface area contributed by atoms with Gasteiger partial charge in [-0.2, -0.15) is 0 Å². The van der Waals surface area contributed by atoms with E-state index in [4.69, 9.17) is 4.74 Å². The summed E-state index contributed by atoms with van der Waals surface area (Å²) in [6.45, 7) is 2.62. The minimum atomic E-state index is -0.507. The molecular formula is C10H19NO3. The highest BCUT2D eigenvalue weighted by atomic mass is 16.5. The molecule has 1 amide bonds. The number of amides is 1. The van der Waals surface area contributed by atoms with Gasteiger partial charge in [-0.25, -0.2) is 4.79 Å². The maximum atomic E-state index is 10.8. The molecule has 0 saturated heterocycles. The second kappa shape index (κ2) is 10.0. The summed E-state index contributed by atoms with van der Waals surface area (Å²) in [6, 6.07) is 0. The third kappa shape index (κ3) is 9.03. The number of alkyl carbamates (subject to hydrolysis) is 1. The number of aldehydes is 1. The second-order valence-electron chi connectivity index (χ2n) is 3.10. The Balaban J connectivity index is 3.10. The van der Waals surface area contributed by atoms with Crippen molar-refractivity contribution >= 4 is 12.4 Å². The maximum absolute atomic E-state index is 10.8. The largest absolute Gasteiger partial charge is 0.450 e. The Bertz CT molecular complexity index is 159. The Morgan fingerprint density at radius 3 is 2.64 bits per heavy atom. The van der Waals surface area contributed by atoms with Crippen molar-refractivity contribution in [1.82, 2.24) is 5.32 Å². The van der Waals surface area contributed by atoms with Gasteiger partial charge in [0, 0.05) is 0 Å². The molecule has 1 N–H and O–H groups in total. The van der Waals surface area contributed by atoms with Crippen molar-refractivity contribution in [2.45, 2.75) is 39.0 Å². The molecule has 4 heteroatoms. The molecular weight excluding hydrogens is 182 g/mol. The Morgan fingerprint density at radius 2 is 2.00 bits per heavy atom. The summed E-state index contributed by atoms with van der Waals surface area (Å²) in [6.07, 6.45) is 5.74. The molecule has 0 aromatic heterocycles. The van der Waals surface area contributed by atoms with Crippen LogP contribution in [0.4, 0.5) is 4.79 Å². The van der Waals surface area contributed by atoms with Crippen molar-refractivity contribution in [3.05, 3.63) is 0 Å². The molecule has 0 aliphatic carbocycles. The van der Waals surface area contributed by atoms with E-state index in [0.29, 0.717) is 12.9 Å². The molecule has 0 spiro atoms. The quantitative estimate of drug-likeness (QED) is 0.482. The fourth-order valence-electron chi connectivity index (χ4n) is 1.05. The average Bonchev–Trinajstić information content (AvgIpc) is 2.20. The Labute approximate surface area is 85.0 Å². The van der Waals surface area contributed by atoms with E-state index in [-0.39, 0.29) is 6.54 Å². The highest BCUT2D eigenvalue weighted by Gasteiger charge is 1.98. The topological polar surface area (TPSA) is 55.4 Å². The number of carbonyl (C=O) groups excluding carboxylic acids is 2. The molecule has 0 unspecified atom stereocenters. The number of nitrogens with one attached hydrogen (secondary N) is 1. The number of rotatable bonds is 8. The molecule has 0 aliphatic rings. The van der Waals surface area contributed by atoms with E-state index in [2.05, 4.69) is 12.2 Å². The van der Waals surface area contributed by atoms with Gasteiger partial charge >= 0.3 is 6.09 Å². The van der Waals surface area contributed by atoms with Gasteiger partial charge in [-0.15, -0.1) is 0 Å². The first-order valence-electron chi connectivity index (χ1n) is 5.15. The summed E-state index contributed by atoms with van der Waals surface area (Å²) in [4.78, 5) is 20.7. The third-order valence-corrected chi connectivity index (χ3v) is 1.81. The van der Waals surface area contributed by atoms with Gasteiger partial charge in [0.1, 0.15) is 6.29 Å². The summed E-state index contributed by atoms with van der Waals surface area (Å²) in [5, 5.41) is 2.31. The fourth-order valence-corrected chi connectivity index (χ4v) is 1.05. The van der Waals surface area contributed by atoms with E-state index in [0.717, 1.165) is 12.8 Å². The van der Waals surface area contributed by atoms with E-state index in [1.165, 1.54) is 19.3 Å². The standard InChI is InChI=1S/C10H19NO3/c1-2-3-4-5-6-9-14-10(13)11-7-8-12/h8H,2-7,9H2,1H3,(H,11,13). The van der Waals surface area contributed by atoms with Crippen LogP contribution in [-0.4, -0.2) is 25.5 Å². The van der Waals surface area contributed by atoms with Crippen molar-refractivity contribution in [3.63, 3.8) is 0 Å². The molecule has 0 rings (SSSR count). The zero-order chi connectivity index (χ0) is 10.6. The molecule has 0 heterocycles. The molecule has 0 aromatic carbocycles. The van der Waals surface area contributed by atoms with E-state index >= 15 is 0 Å². The minimum absolute atomic E-state index is 0.0225. The highest BCUT2D eigenvalue weighted by Crippen LogP contribution is 2.02. The molecule has 0 fully saturated rings. The molecule has 0 aromatic rings. The van der Waals surface area contributed by atoms with Crippen molar-refractivity contribution in [1.29, 1.82) is 0 Å². The Hall–Kier alpha value is -1.06. The molecule has 82 valence electrons. The first kappa shape index (κ1) is 12.9. The average molecular weight is 201 g/mol. The van der Waals surface area contributed by atoms with Gasteiger partial charge in [0.25, 0.3) is 0 Å². The third-order valence-electron chi connectivity index (χ3n) is 1.81. The van der Waals surface area contributed by atoms with E-state index < -0.39 is 6.09 Å². The number of hydrogen-bond acceptors (Lipinski definition) is 3. The predicted octanol–water partition coefficient (Wildman–Crippen LogP) is 1.88. The van der Waals surface area contributed by atoms with Crippen LogP contribution in [0, 0.1) is 0 Å². The predicted molar refractivity (Wildman–Crippen MR) is 54.2 cm³/mol. The molecule has 0 aliphatic heterocycles. The highest BCUT2D eigenvalue weighted by molar-refractivity contribution is 5.70. The van der Waals surface area contributed by atoms with E-state index in [1.807, 2.05) is 0 Å². The van der Waals surface area contributed by atoms with Crippen LogP contribution >= 0.6 is 0 Å². The summed E-state index contributed by atoms with van der Waals surface area (Å²) in [5.74, 6) is 0. The fraction of sp³-hybridized carbons (Fsp3) is 0.800. The number of unbranched alkanes of at least 4 members (excludes halogenated alkanes) is 4. The van der Waals surface area contributed by atoms with Crippen LogP contribution < -0.4 is 5.32 Å². The molecule has 4 nitrogen and oxygen atoms in total. The van der Waals surface area contributed by atoms with Crippen LogP contribution in [0.25, 0.3) is 0 Å². The number of ether oxygens (including phenoxy) is 1. The Kier molecular flexibility index (Phi) is 9.26. The Morgan fingerprint density at radius 1 is 1.29 bits per heavy atom. The van der Waals surface area contributed by atoms with Crippen LogP contribution in [0.1, 0.15) is 39.0 Å². The van der Waals surface area contributed by atoms with Gasteiger partial charge < -0.3 is 14.8 Å². The lowest BCUT2D eigenvalue weighted by atomic mass is 10.2. The molecule has 0 bridgehead atoms. The molecule has 0 radical (unpaired) electrons. The summed E-state index contributed by atoms with van der Waals surface area (Å²) >= 11 is 0. The van der Waals surface area contributed by atoms with E-state index in [9.17, 15) is 9.59 Å².